The van der Waals surface area contributed by atoms with Crippen LogP contribution in [0.2, 0.25) is 0 Å². The predicted molar refractivity (Wildman–Crippen MR) is 284 cm³/mol. The number of ether oxygens (including phenoxy) is 1. The van der Waals surface area contributed by atoms with Crippen LogP contribution in [0.25, 0.3) is 21.5 Å². The Kier molecular flexibility index (Phi) is 15.1. The first-order chi connectivity index (χ1) is 36.1. The number of nitrogen functional groups attached to an aromatic ring is 1. The summed E-state index contributed by atoms with van der Waals surface area (Å²) in [5.41, 5.74) is 10.5. The van der Waals surface area contributed by atoms with Gasteiger partial charge in [0.2, 0.25) is 0 Å². The maximum atomic E-state index is 12.6. The van der Waals surface area contributed by atoms with E-state index >= 15 is 0 Å². The molecule has 0 aliphatic carbocycles. The predicted octanol–water partition coefficient (Wildman–Crippen LogP) is 12.6. The molecular formula is C49H42N10O14S4. The summed E-state index contributed by atoms with van der Waals surface area (Å²) >= 11 is 0. The Morgan fingerprint density at radius 1 is 0.455 bits per heavy atom. The Morgan fingerprint density at radius 2 is 0.948 bits per heavy atom. The Hall–Kier alpha value is -8.48. The van der Waals surface area contributed by atoms with Crippen molar-refractivity contribution in [2.75, 3.05) is 17.8 Å². The third kappa shape index (κ3) is 12.8. The summed E-state index contributed by atoms with van der Waals surface area (Å²) in [6.45, 7) is 6.96. The molecule has 24 nitrogen and oxygen atoms in total. The third-order valence-corrected chi connectivity index (χ3v) is 15.0. The number of hydrogen-bond acceptors (Lipinski definition) is 20. The summed E-state index contributed by atoms with van der Waals surface area (Å²) < 4.78 is 143. The van der Waals surface area contributed by atoms with Crippen LogP contribution in [0, 0.1) is 27.7 Å². The number of rotatable bonds is 16. The van der Waals surface area contributed by atoms with Gasteiger partial charge in [0.1, 0.15) is 31.8 Å². The minimum absolute atomic E-state index is 0.0591. The highest BCUT2D eigenvalue weighted by molar-refractivity contribution is 7.87. The highest BCUT2D eigenvalue weighted by atomic mass is 32.2. The summed E-state index contributed by atoms with van der Waals surface area (Å²) in [5.74, 6) is 0.0493. The van der Waals surface area contributed by atoms with E-state index in [4.69, 9.17) is 10.5 Å². The molecule has 0 spiro atoms. The number of benzene rings is 8. The molecule has 0 aliphatic heterocycles. The number of hydrogen-bond donors (Lipinski definition) is 7. The molecule has 0 atom stereocenters. The number of fused-ring (bicyclic) bond motifs is 2. The molecule has 8 aromatic carbocycles. The van der Waals surface area contributed by atoms with E-state index in [0.717, 1.165) is 12.1 Å². The zero-order valence-electron chi connectivity index (χ0n) is 40.5. The fourth-order valence-electron chi connectivity index (χ4n) is 7.55. The highest BCUT2D eigenvalue weighted by Gasteiger charge is 2.26. The van der Waals surface area contributed by atoms with Crippen molar-refractivity contribution in [2.24, 2.45) is 40.9 Å². The first-order valence-electron chi connectivity index (χ1n) is 22.2. The minimum atomic E-state index is -5.15. The lowest BCUT2D eigenvalue weighted by Crippen LogP contribution is -2.08. The van der Waals surface area contributed by atoms with Crippen LogP contribution in [0.15, 0.2) is 182 Å². The number of azo groups is 4. The van der Waals surface area contributed by atoms with Crippen LogP contribution in [-0.2, 0) is 40.5 Å². The quantitative estimate of drug-likeness (QED) is 0.0204. The van der Waals surface area contributed by atoms with Crippen molar-refractivity contribution in [3.05, 3.63) is 144 Å². The molecule has 0 unspecified atom stereocenters. The average molecular weight is 1120 g/mol. The summed E-state index contributed by atoms with van der Waals surface area (Å²) in [6, 6.07) is 28.6. The molecule has 28 heteroatoms. The van der Waals surface area contributed by atoms with Gasteiger partial charge in [0.05, 0.1) is 39.0 Å². The number of anilines is 2. The summed E-state index contributed by atoms with van der Waals surface area (Å²) in [7, 11) is -20.1. The molecule has 0 heterocycles. The van der Waals surface area contributed by atoms with Crippen LogP contribution >= 0.6 is 0 Å². The second-order valence-electron chi connectivity index (χ2n) is 17.1. The van der Waals surface area contributed by atoms with Crippen LogP contribution in [0.1, 0.15) is 22.3 Å². The van der Waals surface area contributed by atoms with Gasteiger partial charge in [0, 0.05) is 22.1 Å². The van der Waals surface area contributed by atoms with Crippen LogP contribution in [0.3, 0.4) is 0 Å². The van der Waals surface area contributed by atoms with Crippen molar-refractivity contribution in [3.63, 3.8) is 0 Å². The van der Waals surface area contributed by atoms with Crippen LogP contribution in [-0.4, -0.2) is 63.7 Å². The molecule has 0 radical (unpaired) electrons. The van der Waals surface area contributed by atoms with Gasteiger partial charge in [0.25, 0.3) is 40.5 Å². The summed E-state index contributed by atoms with van der Waals surface area (Å²) in [6.07, 6.45) is 0. The fraction of sp³-hybridized carbons (Fsp3) is 0.102. The highest BCUT2D eigenvalue weighted by Crippen LogP contribution is 2.43. The number of aromatic hydroxyl groups is 1. The molecule has 0 aliphatic rings. The van der Waals surface area contributed by atoms with E-state index in [-0.39, 0.29) is 23.2 Å². The van der Waals surface area contributed by atoms with E-state index in [9.17, 15) is 57.0 Å². The lowest BCUT2D eigenvalue weighted by Gasteiger charge is -2.12. The Morgan fingerprint density at radius 3 is 1.49 bits per heavy atom. The van der Waals surface area contributed by atoms with Gasteiger partial charge in [-0.1, -0.05) is 0 Å². The molecule has 396 valence electrons. The molecule has 0 aromatic heterocycles. The molecular weight excluding hydrogens is 1080 g/mol. The molecule has 8 N–H and O–H groups in total. The monoisotopic (exact) mass is 1120 g/mol. The van der Waals surface area contributed by atoms with Crippen molar-refractivity contribution in [1.82, 2.24) is 0 Å². The SMILES string of the molecule is Cc1cc(N=Nc2cc(C)c(N=Nc3c(S(=O)(=O)O)cc4cc(NCOc5ccc(N)cc5)ccc4c3O)cc2C)ccc1N=Nc1ccc(N=Nc2cc3c(S(=O)(=O)O)cc(S(=O)(=O)O)cc3cc2S(=O)(=O)O)c(C)c1. The van der Waals surface area contributed by atoms with Gasteiger partial charge in [-0.3, -0.25) is 18.2 Å². The van der Waals surface area contributed by atoms with Gasteiger partial charge >= 0.3 is 0 Å². The van der Waals surface area contributed by atoms with E-state index in [1.165, 1.54) is 18.2 Å². The van der Waals surface area contributed by atoms with Crippen LogP contribution in [0.5, 0.6) is 11.5 Å². The molecule has 8 aromatic rings. The molecule has 0 saturated carbocycles. The van der Waals surface area contributed by atoms with Crippen molar-refractivity contribution in [1.29, 1.82) is 0 Å². The lowest BCUT2D eigenvalue weighted by atomic mass is 10.1. The second-order valence-corrected chi connectivity index (χ2v) is 22.7. The molecule has 8 rings (SSSR count). The lowest BCUT2D eigenvalue weighted by molar-refractivity contribution is 0.347. The molecule has 0 bridgehead atoms. The molecule has 0 fully saturated rings. The van der Waals surface area contributed by atoms with E-state index in [2.05, 4.69) is 46.2 Å². The standard InChI is InChI=1S/C49H42N10O14S4/c1-26-15-35(8-13-40(26)54-52-34-9-14-41(27(2)16-34)55-58-44-24-39-31(21-46(44)76(67,68)69)20-37(74(61,62)63)23-45(39)75(64,65)66)53-56-42-17-29(4)43(18-28(42)3)57-59-48-47(77(70,71)72)22-30-19-33(7-12-38(30)49(48)60)51-25-73-36-10-5-32(50)6-11-36/h5-24,51,60H,25,50H2,1-4H3,(H,61,62,63)(H,64,65,66)(H,67,68,69)(H,70,71,72). The van der Waals surface area contributed by atoms with Gasteiger partial charge in [0.15, 0.2) is 12.5 Å². The van der Waals surface area contributed by atoms with Gasteiger partial charge in [-0.25, -0.2) is 0 Å². The summed E-state index contributed by atoms with van der Waals surface area (Å²) in [4.78, 5) is -3.51. The largest absolute Gasteiger partial charge is 0.505 e. The number of nitrogens with two attached hydrogens (primary N) is 1. The number of phenolic OH excluding ortho intramolecular Hbond substituents is 1. The minimum Gasteiger partial charge on any atom is -0.505 e. The number of nitrogens with zero attached hydrogens (tertiary/aromatic N) is 8. The summed E-state index contributed by atoms with van der Waals surface area (Å²) in [5, 5.41) is 47.8. The Labute approximate surface area is 439 Å². The molecule has 0 saturated heterocycles. The third-order valence-electron chi connectivity index (χ3n) is 11.5. The maximum absolute atomic E-state index is 12.6. The average Bonchev–Trinajstić information content (AvgIpc) is 3.35. The molecule has 0 amide bonds. The van der Waals surface area contributed by atoms with E-state index in [0.29, 0.717) is 79.9 Å². The van der Waals surface area contributed by atoms with Gasteiger partial charge < -0.3 is 20.9 Å². The van der Waals surface area contributed by atoms with Crippen molar-refractivity contribution in [2.45, 2.75) is 47.3 Å². The number of aryl methyl sites for hydroxylation is 4. The second kappa shape index (κ2) is 21.3. The van der Waals surface area contributed by atoms with Gasteiger partial charge in [-0.15, -0.1) is 10.2 Å². The fourth-order valence-corrected chi connectivity index (χ4v) is 10.2. The van der Waals surface area contributed by atoms with Crippen LogP contribution in [0.4, 0.5) is 56.9 Å². The topological polar surface area (TPSA) is 384 Å². The normalized spacial score (nSPS) is 12.8. The van der Waals surface area contributed by atoms with Gasteiger partial charge in [-0.2, -0.15) is 64.4 Å². The Bertz CT molecular complexity index is 4330. The van der Waals surface area contributed by atoms with E-state index in [1.54, 1.807) is 107 Å². The van der Waals surface area contributed by atoms with Crippen LogP contribution < -0.4 is 15.8 Å². The zero-order chi connectivity index (χ0) is 55.8. The van der Waals surface area contributed by atoms with E-state index in [1.807, 2.05) is 0 Å². The van der Waals surface area contributed by atoms with E-state index < -0.39 is 88.0 Å². The first kappa shape index (κ1) is 54.8. The van der Waals surface area contributed by atoms with Crippen molar-refractivity contribution in [3.8, 4) is 11.5 Å². The number of nitrogens with one attached hydrogen (secondary N) is 1. The zero-order valence-corrected chi connectivity index (χ0v) is 43.7. The smallest absolute Gasteiger partial charge is 0.296 e. The van der Waals surface area contributed by atoms with Crippen molar-refractivity contribution >= 4 is 119 Å². The number of phenols is 1. The maximum Gasteiger partial charge on any atom is 0.296 e. The van der Waals surface area contributed by atoms with Gasteiger partial charge in [-0.05, 0) is 182 Å². The molecule has 77 heavy (non-hydrogen) atoms. The first-order valence-corrected chi connectivity index (χ1v) is 27.9. The Balaban J connectivity index is 0.957. The van der Waals surface area contributed by atoms with Crippen molar-refractivity contribution < 1.29 is 61.7 Å².